The van der Waals surface area contributed by atoms with Gasteiger partial charge in [0.2, 0.25) is 0 Å². The number of Topliss-reactive ketones (excluding diaryl/α,β-unsaturated/α-hetero) is 1. The monoisotopic (exact) mass is 320 g/mol. The van der Waals surface area contributed by atoms with Crippen molar-refractivity contribution in [2.75, 3.05) is 7.11 Å². The Hall–Kier alpha value is -3.08. The minimum Gasteiger partial charge on any atom is -0.506 e. The number of nitrogens with one attached hydrogen (secondary N) is 1. The van der Waals surface area contributed by atoms with Crippen LogP contribution in [-0.4, -0.2) is 23.7 Å². The number of carbonyl (C=O) groups excluding carboxylic acids is 1. The number of fused-ring (bicyclic) bond motifs is 1. The molecule has 0 amide bonds. The van der Waals surface area contributed by atoms with Crippen LogP contribution in [0.2, 0.25) is 0 Å². The molecule has 1 atom stereocenters. The van der Waals surface area contributed by atoms with Crippen LogP contribution in [0.15, 0.2) is 59.2 Å². The van der Waals surface area contributed by atoms with Crippen LogP contribution >= 0.6 is 0 Å². The normalized spacial score (nSPS) is 19.1. The third kappa shape index (κ3) is 2.17. The molecule has 2 aromatic rings. The number of ketones is 1. The van der Waals surface area contributed by atoms with Crippen LogP contribution in [0.4, 0.5) is 0 Å². The topological polar surface area (TPSA) is 70.9 Å². The highest BCUT2D eigenvalue weighted by Gasteiger charge is 2.35. The number of ether oxygens (including phenoxy) is 1. The van der Waals surface area contributed by atoms with Crippen molar-refractivity contribution in [3.63, 3.8) is 0 Å². The Labute approximate surface area is 139 Å². The third-order valence-corrected chi connectivity index (χ3v) is 4.45. The summed E-state index contributed by atoms with van der Waals surface area (Å²) in [6.45, 7) is 0. The summed E-state index contributed by atoms with van der Waals surface area (Å²) in [5.74, 6) is 0.644. The molecular weight excluding hydrogens is 304 g/mol. The number of hydrogen-bond donors (Lipinski definition) is 2. The molecule has 5 heteroatoms. The second kappa shape index (κ2) is 5.53. The number of carbonyl (C=O) groups is 1. The van der Waals surface area contributed by atoms with Crippen molar-refractivity contribution in [3.05, 3.63) is 70.8 Å². The van der Waals surface area contributed by atoms with Gasteiger partial charge in [0.25, 0.3) is 0 Å². The second-order valence-corrected chi connectivity index (χ2v) is 5.82. The van der Waals surface area contributed by atoms with Gasteiger partial charge in [0.05, 0.1) is 24.4 Å². The Kier molecular flexibility index (Phi) is 3.34. The van der Waals surface area contributed by atoms with Crippen LogP contribution in [-0.2, 0) is 0 Å². The maximum atomic E-state index is 12.6. The van der Waals surface area contributed by atoms with Gasteiger partial charge in [0.1, 0.15) is 11.5 Å². The highest BCUT2D eigenvalue weighted by Crippen LogP contribution is 2.35. The quantitative estimate of drug-likeness (QED) is 0.910. The average molecular weight is 320 g/mol. The van der Waals surface area contributed by atoms with Crippen LogP contribution in [0.1, 0.15) is 33.9 Å². The number of rotatable bonds is 3. The van der Waals surface area contributed by atoms with Gasteiger partial charge in [-0.1, -0.05) is 36.4 Å². The predicted molar refractivity (Wildman–Crippen MR) is 91.2 cm³/mol. The Morgan fingerprint density at radius 1 is 1.12 bits per heavy atom. The van der Waals surface area contributed by atoms with Crippen LogP contribution < -0.4 is 10.2 Å². The molecule has 1 aliphatic carbocycles. The number of hydrogen-bond acceptors (Lipinski definition) is 5. The van der Waals surface area contributed by atoms with E-state index >= 15 is 0 Å². The lowest BCUT2D eigenvalue weighted by molar-refractivity contribution is 0.104. The van der Waals surface area contributed by atoms with E-state index in [9.17, 15) is 9.90 Å². The molecule has 2 aliphatic rings. The molecule has 0 aromatic heterocycles. The Morgan fingerprint density at radius 3 is 2.50 bits per heavy atom. The summed E-state index contributed by atoms with van der Waals surface area (Å²) in [6, 6.07) is 14.8. The Bertz CT molecular complexity index is 882. The predicted octanol–water partition coefficient (Wildman–Crippen LogP) is 3.25. The third-order valence-electron chi connectivity index (χ3n) is 4.45. The Balaban J connectivity index is 1.59. The van der Waals surface area contributed by atoms with Crippen molar-refractivity contribution in [2.45, 2.75) is 12.5 Å². The standard InChI is InChI=1S/C19H16N2O3/c1-24-12-8-6-11(7-9-12)15-10-16(21-20-15)17-18(22)13-4-2-3-5-14(13)19(17)23/h2-9,15,20,22H,10H2,1H3/t15-/m0/s1. The number of hydrazone groups is 1. The van der Waals surface area contributed by atoms with Gasteiger partial charge in [0.15, 0.2) is 5.78 Å². The van der Waals surface area contributed by atoms with Crippen molar-refractivity contribution in [1.29, 1.82) is 0 Å². The SMILES string of the molecule is COc1ccc([C@@H]2CC(C3=C(O)c4ccccc4C3=O)=NN2)cc1. The molecule has 2 aromatic carbocycles. The van der Waals surface area contributed by atoms with Gasteiger partial charge in [-0.05, 0) is 17.7 Å². The van der Waals surface area contributed by atoms with Crippen LogP contribution in [0, 0.1) is 0 Å². The molecule has 120 valence electrons. The summed E-state index contributed by atoms with van der Waals surface area (Å²) < 4.78 is 5.16. The zero-order valence-corrected chi connectivity index (χ0v) is 13.1. The minimum atomic E-state index is -0.168. The van der Waals surface area contributed by atoms with Crippen LogP contribution in [0.5, 0.6) is 5.75 Å². The molecule has 0 fully saturated rings. The van der Waals surface area contributed by atoms with E-state index in [0.717, 1.165) is 11.3 Å². The van der Waals surface area contributed by atoms with Gasteiger partial charge < -0.3 is 15.3 Å². The molecule has 4 rings (SSSR count). The van der Waals surface area contributed by atoms with E-state index in [1.165, 1.54) is 0 Å². The van der Waals surface area contributed by atoms with Gasteiger partial charge in [-0.2, -0.15) is 5.10 Å². The first-order valence-electron chi connectivity index (χ1n) is 7.73. The molecule has 0 spiro atoms. The first-order valence-corrected chi connectivity index (χ1v) is 7.73. The molecule has 1 aliphatic heterocycles. The van der Waals surface area contributed by atoms with Crippen molar-refractivity contribution in [1.82, 2.24) is 5.43 Å². The fourth-order valence-corrected chi connectivity index (χ4v) is 3.16. The summed E-state index contributed by atoms with van der Waals surface area (Å²) in [5.41, 5.74) is 6.11. The summed E-state index contributed by atoms with van der Waals surface area (Å²) in [6.07, 6.45) is 0.547. The number of aliphatic hydroxyl groups is 1. The van der Waals surface area contributed by atoms with Gasteiger partial charge in [-0.25, -0.2) is 0 Å². The van der Waals surface area contributed by atoms with E-state index in [4.69, 9.17) is 4.74 Å². The second-order valence-electron chi connectivity index (χ2n) is 5.82. The lowest BCUT2D eigenvalue weighted by Crippen LogP contribution is -2.11. The van der Waals surface area contributed by atoms with Crippen LogP contribution in [0.25, 0.3) is 5.76 Å². The lowest BCUT2D eigenvalue weighted by atomic mass is 9.97. The van der Waals surface area contributed by atoms with Gasteiger partial charge in [-0.15, -0.1) is 0 Å². The van der Waals surface area contributed by atoms with E-state index in [2.05, 4.69) is 10.5 Å². The number of nitrogens with zero attached hydrogens (tertiary/aromatic N) is 1. The molecule has 0 saturated heterocycles. The molecule has 1 heterocycles. The first-order chi connectivity index (χ1) is 11.7. The van der Waals surface area contributed by atoms with Crippen LogP contribution in [0.3, 0.4) is 0 Å². The molecule has 2 N–H and O–H groups in total. The molecule has 0 saturated carbocycles. The van der Waals surface area contributed by atoms with Gasteiger partial charge in [-0.3, -0.25) is 4.79 Å². The highest BCUT2D eigenvalue weighted by molar-refractivity contribution is 6.35. The Morgan fingerprint density at radius 2 is 1.83 bits per heavy atom. The van der Waals surface area contributed by atoms with E-state index in [1.54, 1.807) is 31.4 Å². The van der Waals surface area contributed by atoms with Gasteiger partial charge in [0, 0.05) is 17.5 Å². The first kappa shape index (κ1) is 14.5. The average Bonchev–Trinajstić information content (AvgIpc) is 3.19. The maximum absolute atomic E-state index is 12.6. The fourth-order valence-electron chi connectivity index (χ4n) is 3.16. The molecule has 0 bridgehead atoms. The largest absolute Gasteiger partial charge is 0.506 e. The number of benzene rings is 2. The lowest BCUT2D eigenvalue weighted by Gasteiger charge is -2.10. The smallest absolute Gasteiger partial charge is 0.199 e. The number of allylic oxidation sites excluding steroid dienone is 1. The molecule has 0 radical (unpaired) electrons. The maximum Gasteiger partial charge on any atom is 0.199 e. The van der Waals surface area contributed by atoms with Gasteiger partial charge >= 0.3 is 0 Å². The molecular formula is C19H16N2O3. The molecule has 24 heavy (non-hydrogen) atoms. The summed E-state index contributed by atoms with van der Waals surface area (Å²) >= 11 is 0. The zero-order valence-electron chi connectivity index (χ0n) is 13.1. The summed E-state index contributed by atoms with van der Waals surface area (Å²) in [7, 11) is 1.63. The zero-order chi connectivity index (χ0) is 16.7. The summed E-state index contributed by atoms with van der Waals surface area (Å²) in [5, 5.41) is 14.7. The minimum absolute atomic E-state index is 0.0199. The van der Waals surface area contributed by atoms with E-state index < -0.39 is 0 Å². The van der Waals surface area contributed by atoms with Crippen molar-refractivity contribution < 1.29 is 14.6 Å². The summed E-state index contributed by atoms with van der Waals surface area (Å²) in [4.78, 5) is 12.6. The fraction of sp³-hybridized carbons (Fsp3) is 0.158. The van der Waals surface area contributed by atoms with E-state index in [0.29, 0.717) is 28.8 Å². The van der Waals surface area contributed by atoms with Crippen molar-refractivity contribution >= 4 is 17.3 Å². The highest BCUT2D eigenvalue weighted by atomic mass is 16.5. The molecule has 0 unspecified atom stereocenters. The van der Waals surface area contributed by atoms with Crippen molar-refractivity contribution in [2.24, 2.45) is 5.10 Å². The molecule has 5 nitrogen and oxygen atoms in total. The van der Waals surface area contributed by atoms with E-state index in [-0.39, 0.29) is 17.6 Å². The number of aliphatic hydroxyl groups excluding tert-OH is 1. The number of methoxy groups -OCH3 is 1. The van der Waals surface area contributed by atoms with E-state index in [1.807, 2.05) is 24.3 Å². The van der Waals surface area contributed by atoms with Crippen molar-refractivity contribution in [3.8, 4) is 5.75 Å².